The Bertz CT molecular complexity index is 1290. The molecule has 0 aliphatic carbocycles. The highest BCUT2D eigenvalue weighted by atomic mass is 16.5. The summed E-state index contributed by atoms with van der Waals surface area (Å²) in [6, 6.07) is 17.5. The van der Waals surface area contributed by atoms with Gasteiger partial charge in [-0.1, -0.05) is 37.6 Å². The quantitative estimate of drug-likeness (QED) is 0.372. The van der Waals surface area contributed by atoms with Gasteiger partial charge >= 0.3 is 5.97 Å². The molecule has 3 heterocycles. The zero-order valence-electron chi connectivity index (χ0n) is 22.7. The van der Waals surface area contributed by atoms with Crippen molar-refractivity contribution in [2.24, 2.45) is 5.92 Å². The topological polar surface area (TPSA) is 71.9 Å². The van der Waals surface area contributed by atoms with E-state index in [-0.39, 0.29) is 6.10 Å². The van der Waals surface area contributed by atoms with Crippen molar-refractivity contribution in [2.75, 3.05) is 13.7 Å². The number of carboxylic acids is 1. The number of piperidine rings is 1. The van der Waals surface area contributed by atoms with Crippen LogP contribution in [0.1, 0.15) is 67.9 Å². The summed E-state index contributed by atoms with van der Waals surface area (Å²) in [4.78, 5) is 18.2. The summed E-state index contributed by atoms with van der Waals surface area (Å²) in [5, 5.41) is 9.34. The average molecular weight is 515 g/mol. The molecule has 0 amide bonds. The maximum atomic E-state index is 11.4. The van der Waals surface area contributed by atoms with E-state index in [1.165, 1.54) is 36.0 Å². The van der Waals surface area contributed by atoms with Crippen molar-refractivity contribution in [3.63, 3.8) is 0 Å². The van der Waals surface area contributed by atoms with Crippen LogP contribution in [0.4, 0.5) is 0 Å². The minimum absolute atomic E-state index is 0.0363. The molecule has 200 valence electrons. The Morgan fingerprint density at radius 3 is 2.76 bits per heavy atom. The predicted molar refractivity (Wildman–Crippen MR) is 149 cm³/mol. The number of nitrogens with zero attached hydrogens (tertiary/aromatic N) is 2. The lowest BCUT2D eigenvalue weighted by molar-refractivity contribution is -0.141. The molecule has 1 fully saturated rings. The molecule has 6 nitrogen and oxygen atoms in total. The Morgan fingerprint density at radius 2 is 1.97 bits per heavy atom. The highest BCUT2D eigenvalue weighted by Crippen LogP contribution is 2.39. The number of likely N-dealkylation sites (tertiary alicyclic amines) is 1. The summed E-state index contributed by atoms with van der Waals surface area (Å²) in [6.07, 6.45) is 7.89. The van der Waals surface area contributed by atoms with Crippen LogP contribution >= 0.6 is 0 Å². The van der Waals surface area contributed by atoms with E-state index in [0.717, 1.165) is 48.4 Å². The molecule has 3 aromatic rings. The molecule has 2 aliphatic heterocycles. The number of hydrogen-bond donors (Lipinski definition) is 1. The summed E-state index contributed by atoms with van der Waals surface area (Å²) in [7, 11) is 1.64. The molecule has 6 heteroatoms. The molecule has 3 unspecified atom stereocenters. The van der Waals surface area contributed by atoms with E-state index < -0.39 is 11.9 Å². The Balaban J connectivity index is 1.46. The van der Waals surface area contributed by atoms with Gasteiger partial charge in [-0.15, -0.1) is 0 Å². The van der Waals surface area contributed by atoms with Gasteiger partial charge in [0.15, 0.2) is 0 Å². The minimum atomic E-state index is -0.773. The molecule has 0 bridgehead atoms. The van der Waals surface area contributed by atoms with Crippen LogP contribution in [0.25, 0.3) is 11.1 Å². The van der Waals surface area contributed by atoms with Gasteiger partial charge in [-0.25, -0.2) is 4.98 Å². The highest BCUT2D eigenvalue weighted by molar-refractivity contribution is 5.70. The van der Waals surface area contributed by atoms with Crippen LogP contribution in [0.15, 0.2) is 54.7 Å². The maximum Gasteiger partial charge on any atom is 0.306 e. The van der Waals surface area contributed by atoms with E-state index in [1.54, 1.807) is 20.2 Å². The standard InChI is InChI=1S/C32H38N2O4/c1-21(32(35)36)16-23-7-8-24-10-12-29(38-30(24)17-23)28-11-9-25(26-13-14-33-31(19-26)37-3)18-27(28)20-34-15-5-4-6-22(34)2/h7-9,11,13-14,17-19,21-22,29H,4-6,10,12,15-16,20H2,1-3H3,(H,35,36). The normalized spacial score (nSPS) is 20.3. The summed E-state index contributed by atoms with van der Waals surface area (Å²) < 4.78 is 12.0. The number of rotatable bonds is 8. The number of benzene rings is 2. The highest BCUT2D eigenvalue weighted by Gasteiger charge is 2.27. The minimum Gasteiger partial charge on any atom is -0.485 e. The van der Waals surface area contributed by atoms with E-state index in [4.69, 9.17) is 9.47 Å². The number of ether oxygens (including phenoxy) is 2. The predicted octanol–water partition coefficient (Wildman–Crippen LogP) is 6.46. The monoisotopic (exact) mass is 514 g/mol. The number of carboxylic acid groups (broad SMARTS) is 1. The molecule has 2 aliphatic rings. The Kier molecular flexibility index (Phi) is 7.98. The zero-order chi connectivity index (χ0) is 26.6. The first-order valence-electron chi connectivity index (χ1n) is 13.8. The lowest BCUT2D eigenvalue weighted by atomic mass is 9.90. The van der Waals surface area contributed by atoms with Gasteiger partial charge in [0.05, 0.1) is 13.0 Å². The van der Waals surface area contributed by atoms with Crippen molar-refractivity contribution in [1.82, 2.24) is 9.88 Å². The fourth-order valence-electron chi connectivity index (χ4n) is 5.75. The van der Waals surface area contributed by atoms with Crippen LogP contribution in [0.3, 0.4) is 0 Å². The number of aromatic nitrogens is 1. The summed E-state index contributed by atoms with van der Waals surface area (Å²) in [6.45, 7) is 6.10. The number of aryl methyl sites for hydroxylation is 1. The number of methoxy groups -OCH3 is 1. The van der Waals surface area contributed by atoms with Crippen molar-refractivity contribution in [2.45, 2.75) is 71.1 Å². The third-order valence-corrected chi connectivity index (χ3v) is 8.12. The van der Waals surface area contributed by atoms with E-state index in [0.29, 0.717) is 18.3 Å². The van der Waals surface area contributed by atoms with Crippen molar-refractivity contribution >= 4 is 5.97 Å². The second-order valence-corrected chi connectivity index (χ2v) is 10.8. The number of aliphatic carboxylic acids is 1. The summed E-state index contributed by atoms with van der Waals surface area (Å²) in [5.41, 5.74) is 6.97. The molecule has 2 aromatic carbocycles. The fraction of sp³-hybridized carbons (Fsp3) is 0.438. The van der Waals surface area contributed by atoms with Crippen molar-refractivity contribution in [3.05, 3.63) is 77.0 Å². The van der Waals surface area contributed by atoms with Gasteiger partial charge in [-0.05, 0) is 97.2 Å². The first-order chi connectivity index (χ1) is 18.4. The van der Waals surface area contributed by atoms with Gasteiger partial charge < -0.3 is 14.6 Å². The SMILES string of the molecule is COc1cc(-c2ccc(C3CCc4ccc(CC(C)C(=O)O)cc4O3)c(CN3CCCCC3C)c2)ccn1. The molecule has 38 heavy (non-hydrogen) atoms. The molecule has 0 spiro atoms. The molecular formula is C32H38N2O4. The zero-order valence-corrected chi connectivity index (χ0v) is 22.7. The lowest BCUT2D eigenvalue weighted by Crippen LogP contribution is -2.37. The van der Waals surface area contributed by atoms with Crippen molar-refractivity contribution in [3.8, 4) is 22.8 Å². The maximum absolute atomic E-state index is 11.4. The van der Waals surface area contributed by atoms with Crippen LogP contribution in [0.2, 0.25) is 0 Å². The number of pyridine rings is 1. The van der Waals surface area contributed by atoms with E-state index in [2.05, 4.69) is 41.1 Å². The molecular weight excluding hydrogens is 476 g/mol. The van der Waals surface area contributed by atoms with E-state index in [1.807, 2.05) is 24.3 Å². The lowest BCUT2D eigenvalue weighted by Gasteiger charge is -2.35. The van der Waals surface area contributed by atoms with Gasteiger partial charge in [0.25, 0.3) is 0 Å². The van der Waals surface area contributed by atoms with Crippen LogP contribution in [0, 0.1) is 5.92 Å². The summed E-state index contributed by atoms with van der Waals surface area (Å²) >= 11 is 0. The van der Waals surface area contributed by atoms with Gasteiger partial charge in [-0.2, -0.15) is 0 Å². The molecule has 1 aromatic heterocycles. The van der Waals surface area contributed by atoms with E-state index in [9.17, 15) is 9.90 Å². The van der Waals surface area contributed by atoms with Gasteiger partial charge in [-0.3, -0.25) is 9.69 Å². The molecule has 1 saturated heterocycles. The van der Waals surface area contributed by atoms with Crippen LogP contribution < -0.4 is 9.47 Å². The molecule has 0 saturated carbocycles. The molecule has 5 rings (SSSR count). The second-order valence-electron chi connectivity index (χ2n) is 10.8. The van der Waals surface area contributed by atoms with Crippen molar-refractivity contribution in [1.29, 1.82) is 0 Å². The number of carbonyl (C=O) groups is 1. The largest absolute Gasteiger partial charge is 0.485 e. The van der Waals surface area contributed by atoms with Crippen LogP contribution in [-0.4, -0.2) is 40.7 Å². The second kappa shape index (κ2) is 11.6. The molecule has 0 radical (unpaired) electrons. The Hall–Kier alpha value is -3.38. The smallest absolute Gasteiger partial charge is 0.306 e. The third-order valence-electron chi connectivity index (χ3n) is 8.12. The Labute approximate surface area is 225 Å². The number of fused-ring (bicyclic) bond motifs is 1. The Morgan fingerprint density at radius 1 is 1.13 bits per heavy atom. The first-order valence-corrected chi connectivity index (χ1v) is 13.8. The number of hydrogen-bond acceptors (Lipinski definition) is 5. The van der Waals surface area contributed by atoms with Gasteiger partial charge in [0, 0.05) is 24.8 Å². The molecule has 3 atom stereocenters. The van der Waals surface area contributed by atoms with Crippen molar-refractivity contribution < 1.29 is 19.4 Å². The third kappa shape index (κ3) is 5.86. The van der Waals surface area contributed by atoms with Crippen LogP contribution in [0.5, 0.6) is 11.6 Å². The fourth-order valence-corrected chi connectivity index (χ4v) is 5.75. The average Bonchev–Trinajstić information content (AvgIpc) is 2.94. The first kappa shape index (κ1) is 26.2. The van der Waals surface area contributed by atoms with Gasteiger partial charge in [0.2, 0.25) is 5.88 Å². The molecule has 1 N–H and O–H groups in total. The van der Waals surface area contributed by atoms with Crippen LogP contribution in [-0.2, 0) is 24.2 Å². The van der Waals surface area contributed by atoms with Gasteiger partial charge in [0.1, 0.15) is 11.9 Å². The van der Waals surface area contributed by atoms with E-state index >= 15 is 0 Å². The summed E-state index contributed by atoms with van der Waals surface area (Å²) in [5.74, 6) is 0.296.